The van der Waals surface area contributed by atoms with Crippen LogP contribution in [-0.2, 0) is 10.0 Å². The van der Waals surface area contributed by atoms with Crippen molar-refractivity contribution in [2.75, 3.05) is 25.0 Å². The number of anilines is 1. The van der Waals surface area contributed by atoms with E-state index in [-0.39, 0.29) is 10.8 Å². The zero-order valence-corrected chi connectivity index (χ0v) is 17.7. The van der Waals surface area contributed by atoms with Gasteiger partial charge in [0.2, 0.25) is 10.0 Å². The summed E-state index contributed by atoms with van der Waals surface area (Å²) in [6.45, 7) is 10.1. The van der Waals surface area contributed by atoms with Crippen LogP contribution in [0.2, 0.25) is 0 Å². The maximum atomic E-state index is 13.0. The molecule has 6 heteroatoms. The van der Waals surface area contributed by atoms with E-state index in [4.69, 9.17) is 0 Å². The first-order chi connectivity index (χ1) is 12.6. The molecule has 5 nitrogen and oxygen atoms in total. The van der Waals surface area contributed by atoms with Gasteiger partial charge in [-0.05, 0) is 55.7 Å². The summed E-state index contributed by atoms with van der Waals surface area (Å²) in [5.41, 5.74) is 3.85. The van der Waals surface area contributed by atoms with Gasteiger partial charge in [-0.2, -0.15) is 4.31 Å². The Morgan fingerprint density at radius 3 is 2.11 bits per heavy atom. The predicted molar refractivity (Wildman–Crippen MR) is 110 cm³/mol. The third kappa shape index (κ3) is 4.22. The Hall–Kier alpha value is -2.18. The fraction of sp³-hybridized carbons (Fsp3) is 0.381. The molecule has 2 aromatic carbocycles. The Balaban J connectivity index is 2.48. The van der Waals surface area contributed by atoms with E-state index in [1.165, 1.54) is 10.4 Å². The average Bonchev–Trinajstić information content (AvgIpc) is 2.63. The van der Waals surface area contributed by atoms with Crippen LogP contribution in [0.25, 0.3) is 0 Å². The number of nitrogens with zero attached hydrogens (tertiary/aromatic N) is 2. The second-order valence-corrected chi connectivity index (χ2v) is 8.63. The van der Waals surface area contributed by atoms with Gasteiger partial charge in [-0.3, -0.25) is 4.79 Å². The third-order valence-corrected chi connectivity index (χ3v) is 6.98. The number of hydrogen-bond acceptors (Lipinski definition) is 3. The van der Waals surface area contributed by atoms with E-state index in [2.05, 4.69) is 0 Å². The molecule has 2 rings (SSSR count). The van der Waals surface area contributed by atoms with Crippen molar-refractivity contribution in [3.63, 3.8) is 0 Å². The predicted octanol–water partition coefficient (Wildman–Crippen LogP) is 3.92. The molecule has 0 heterocycles. The highest BCUT2D eigenvalue weighted by Crippen LogP contribution is 2.25. The number of aryl methyl sites for hydroxylation is 3. The molecule has 0 aromatic heterocycles. The molecule has 27 heavy (non-hydrogen) atoms. The Labute approximate surface area is 162 Å². The van der Waals surface area contributed by atoms with Gasteiger partial charge in [0, 0.05) is 31.4 Å². The van der Waals surface area contributed by atoms with Crippen molar-refractivity contribution in [2.45, 2.75) is 39.5 Å². The topological polar surface area (TPSA) is 57.7 Å². The molecule has 0 saturated heterocycles. The maximum Gasteiger partial charge on any atom is 0.258 e. The minimum absolute atomic E-state index is 0.186. The van der Waals surface area contributed by atoms with Crippen molar-refractivity contribution in [1.82, 2.24) is 4.31 Å². The molecule has 0 unspecified atom stereocenters. The van der Waals surface area contributed by atoms with Gasteiger partial charge >= 0.3 is 0 Å². The molecule has 0 aliphatic carbocycles. The molecule has 0 atom stereocenters. The lowest BCUT2D eigenvalue weighted by molar-refractivity contribution is 0.0992. The van der Waals surface area contributed by atoms with E-state index >= 15 is 0 Å². The lowest BCUT2D eigenvalue weighted by atomic mass is 10.1. The van der Waals surface area contributed by atoms with Crippen molar-refractivity contribution in [1.29, 1.82) is 0 Å². The number of benzene rings is 2. The van der Waals surface area contributed by atoms with E-state index in [0.29, 0.717) is 24.2 Å². The minimum atomic E-state index is -3.63. The standard InChI is InChI=1S/C21H28N2O3S/c1-7-23(8-2)27(25,26)20-14-18(12-11-17(20)5)21(24)22(6)19-13-15(3)9-10-16(19)4/h9-14H,7-8H2,1-6H3. The zero-order valence-electron chi connectivity index (χ0n) is 16.9. The number of carbonyl (C=O) groups is 1. The van der Waals surface area contributed by atoms with Crippen LogP contribution in [0.15, 0.2) is 41.3 Å². The van der Waals surface area contributed by atoms with Gasteiger partial charge in [0.05, 0.1) is 4.90 Å². The first-order valence-electron chi connectivity index (χ1n) is 9.09. The Bertz CT molecular complexity index is 948. The van der Waals surface area contributed by atoms with Crippen molar-refractivity contribution >= 4 is 21.6 Å². The molecular weight excluding hydrogens is 360 g/mol. The number of carbonyl (C=O) groups excluding carboxylic acids is 1. The van der Waals surface area contributed by atoms with Crippen LogP contribution in [0.3, 0.4) is 0 Å². The van der Waals surface area contributed by atoms with Crippen LogP contribution < -0.4 is 4.90 Å². The SMILES string of the molecule is CCN(CC)S(=O)(=O)c1cc(C(=O)N(C)c2cc(C)ccc2C)ccc1C. The first-order valence-corrected chi connectivity index (χ1v) is 10.5. The van der Waals surface area contributed by atoms with Crippen molar-refractivity contribution in [3.05, 3.63) is 58.7 Å². The van der Waals surface area contributed by atoms with E-state index < -0.39 is 10.0 Å². The normalized spacial score (nSPS) is 11.7. The number of sulfonamides is 1. The van der Waals surface area contributed by atoms with Crippen molar-refractivity contribution in [2.24, 2.45) is 0 Å². The van der Waals surface area contributed by atoms with Crippen LogP contribution in [-0.4, -0.2) is 38.8 Å². The number of amides is 1. The number of hydrogen-bond donors (Lipinski definition) is 0. The molecule has 146 valence electrons. The fourth-order valence-electron chi connectivity index (χ4n) is 3.10. The van der Waals surface area contributed by atoms with Crippen molar-refractivity contribution < 1.29 is 13.2 Å². The monoisotopic (exact) mass is 388 g/mol. The molecule has 0 fully saturated rings. The van der Waals surface area contributed by atoms with Gasteiger partial charge in [0.15, 0.2) is 0 Å². The van der Waals surface area contributed by atoms with Gasteiger partial charge in [0.25, 0.3) is 5.91 Å². The molecule has 1 amide bonds. The third-order valence-electron chi connectivity index (χ3n) is 4.79. The summed E-state index contributed by atoms with van der Waals surface area (Å²) < 4.78 is 27.3. The smallest absolute Gasteiger partial charge is 0.258 e. The summed E-state index contributed by atoms with van der Waals surface area (Å²) >= 11 is 0. The highest BCUT2D eigenvalue weighted by molar-refractivity contribution is 7.89. The number of rotatable bonds is 6. The van der Waals surface area contributed by atoms with Gasteiger partial charge in [-0.15, -0.1) is 0 Å². The lowest BCUT2D eigenvalue weighted by Gasteiger charge is -2.22. The summed E-state index contributed by atoms with van der Waals surface area (Å²) in [5, 5.41) is 0. The first kappa shape index (κ1) is 21.1. The van der Waals surface area contributed by atoms with E-state index in [9.17, 15) is 13.2 Å². The van der Waals surface area contributed by atoms with E-state index in [1.807, 2.05) is 32.0 Å². The molecule has 0 spiro atoms. The molecule has 0 radical (unpaired) electrons. The van der Waals surface area contributed by atoms with Crippen LogP contribution in [0.1, 0.15) is 40.9 Å². The molecule has 0 N–H and O–H groups in total. The average molecular weight is 389 g/mol. The van der Waals surface area contributed by atoms with Gasteiger partial charge < -0.3 is 4.90 Å². The summed E-state index contributed by atoms with van der Waals surface area (Å²) in [5.74, 6) is -0.236. The largest absolute Gasteiger partial charge is 0.311 e. The second kappa shape index (κ2) is 8.23. The second-order valence-electron chi connectivity index (χ2n) is 6.72. The summed E-state index contributed by atoms with van der Waals surface area (Å²) in [7, 11) is -1.92. The van der Waals surface area contributed by atoms with E-state index in [1.54, 1.807) is 44.9 Å². The van der Waals surface area contributed by atoms with Gasteiger partial charge in [-0.25, -0.2) is 8.42 Å². The van der Waals surface area contributed by atoms with Gasteiger partial charge in [0.1, 0.15) is 0 Å². The van der Waals surface area contributed by atoms with Crippen molar-refractivity contribution in [3.8, 4) is 0 Å². The lowest BCUT2D eigenvalue weighted by Crippen LogP contribution is -2.32. The van der Waals surface area contributed by atoms with Gasteiger partial charge in [-0.1, -0.05) is 32.0 Å². The highest BCUT2D eigenvalue weighted by atomic mass is 32.2. The molecular formula is C21H28N2O3S. The maximum absolute atomic E-state index is 13.0. The summed E-state index contributed by atoms with van der Waals surface area (Å²) in [4.78, 5) is 14.8. The molecule has 0 aliphatic rings. The minimum Gasteiger partial charge on any atom is -0.311 e. The van der Waals surface area contributed by atoms with Crippen LogP contribution in [0.5, 0.6) is 0 Å². The summed E-state index contributed by atoms with van der Waals surface area (Å²) in [6, 6.07) is 10.8. The molecule has 0 bridgehead atoms. The molecule has 0 aliphatic heterocycles. The Morgan fingerprint density at radius 1 is 0.926 bits per heavy atom. The van der Waals surface area contributed by atoms with Crippen LogP contribution in [0, 0.1) is 20.8 Å². The van der Waals surface area contributed by atoms with E-state index in [0.717, 1.165) is 16.8 Å². The zero-order chi connectivity index (χ0) is 20.4. The van der Waals surface area contributed by atoms with Crippen LogP contribution >= 0.6 is 0 Å². The Morgan fingerprint density at radius 2 is 1.52 bits per heavy atom. The fourth-order valence-corrected chi connectivity index (χ4v) is 4.81. The van der Waals surface area contributed by atoms with Crippen LogP contribution in [0.4, 0.5) is 5.69 Å². The Kier molecular flexibility index (Phi) is 6.44. The quantitative estimate of drug-likeness (QED) is 0.754. The highest BCUT2D eigenvalue weighted by Gasteiger charge is 2.25. The molecule has 2 aromatic rings. The summed E-state index contributed by atoms with van der Waals surface area (Å²) in [6.07, 6.45) is 0. The molecule has 0 saturated carbocycles.